The van der Waals surface area contributed by atoms with Crippen molar-refractivity contribution in [2.75, 3.05) is 11.9 Å². The first kappa shape index (κ1) is 18.9. The third kappa shape index (κ3) is 3.79. The minimum Gasteiger partial charge on any atom is -0.507 e. The molecule has 2 heterocycles. The zero-order valence-corrected chi connectivity index (χ0v) is 16.7. The predicted octanol–water partition coefficient (Wildman–Crippen LogP) is 4.53. The average molecular weight is 366 g/mol. The largest absolute Gasteiger partial charge is 0.507 e. The quantitative estimate of drug-likeness (QED) is 0.715. The molecule has 0 aliphatic carbocycles. The van der Waals surface area contributed by atoms with Crippen LogP contribution in [0.1, 0.15) is 37.6 Å². The van der Waals surface area contributed by atoms with Gasteiger partial charge in [0.1, 0.15) is 11.6 Å². The highest BCUT2D eigenvalue weighted by Crippen LogP contribution is 2.30. The van der Waals surface area contributed by atoms with Gasteiger partial charge in [-0.05, 0) is 69.5 Å². The van der Waals surface area contributed by atoms with Crippen LogP contribution < -0.4 is 4.90 Å². The minimum atomic E-state index is 0.330. The Bertz CT molecular complexity index is 963. The van der Waals surface area contributed by atoms with Crippen LogP contribution in [0.25, 0.3) is 22.8 Å². The molecule has 1 N–H and O–H groups in total. The number of aryl methyl sites for hydroxylation is 3. The van der Waals surface area contributed by atoms with Gasteiger partial charge in [-0.2, -0.15) is 4.98 Å². The summed E-state index contributed by atoms with van der Waals surface area (Å²) in [6.07, 6.45) is 0.736. The molecule has 0 unspecified atom stereocenters. The summed E-state index contributed by atoms with van der Waals surface area (Å²) >= 11 is 0. The molecule has 2 aromatic heterocycles. The number of hydrogen-bond acceptors (Lipinski definition) is 6. The van der Waals surface area contributed by atoms with Crippen LogP contribution in [-0.4, -0.2) is 33.3 Å². The van der Waals surface area contributed by atoms with E-state index in [0.29, 0.717) is 23.5 Å². The average Bonchev–Trinajstić information content (AvgIpc) is 3.12. The summed E-state index contributed by atoms with van der Waals surface area (Å²) in [5, 5.41) is 14.3. The lowest BCUT2D eigenvalue weighted by Gasteiger charge is -2.23. The number of rotatable bonds is 5. The molecule has 0 aliphatic rings. The molecule has 0 aliphatic heterocycles. The number of pyridine rings is 1. The van der Waals surface area contributed by atoms with Gasteiger partial charge in [0.2, 0.25) is 5.82 Å². The zero-order chi connectivity index (χ0) is 19.7. The molecule has 1 aromatic carbocycles. The number of benzene rings is 1. The summed E-state index contributed by atoms with van der Waals surface area (Å²) in [6, 6.07) is 8.02. The van der Waals surface area contributed by atoms with E-state index in [2.05, 4.69) is 33.9 Å². The lowest BCUT2D eigenvalue weighted by atomic mass is 10.0. The lowest BCUT2D eigenvalue weighted by Crippen LogP contribution is -2.26. The van der Waals surface area contributed by atoms with Crippen molar-refractivity contribution in [2.24, 2.45) is 0 Å². The van der Waals surface area contributed by atoms with Crippen molar-refractivity contribution in [3.8, 4) is 28.6 Å². The Balaban J connectivity index is 2.01. The van der Waals surface area contributed by atoms with E-state index >= 15 is 0 Å². The number of anilines is 1. The Hall–Kier alpha value is -2.89. The summed E-state index contributed by atoms with van der Waals surface area (Å²) in [4.78, 5) is 11.3. The van der Waals surface area contributed by atoms with E-state index in [-0.39, 0.29) is 0 Å². The highest BCUT2D eigenvalue weighted by Gasteiger charge is 2.16. The summed E-state index contributed by atoms with van der Waals surface area (Å²) in [5.41, 5.74) is 4.24. The van der Waals surface area contributed by atoms with Crippen LogP contribution in [0.2, 0.25) is 0 Å². The molecule has 142 valence electrons. The lowest BCUT2D eigenvalue weighted by molar-refractivity contribution is 0.432. The van der Waals surface area contributed by atoms with Crippen molar-refractivity contribution in [1.82, 2.24) is 15.1 Å². The summed E-state index contributed by atoms with van der Waals surface area (Å²) in [7, 11) is 2.01. The zero-order valence-electron chi connectivity index (χ0n) is 16.7. The van der Waals surface area contributed by atoms with Gasteiger partial charge in [0.05, 0.1) is 0 Å². The molecule has 6 heteroatoms. The van der Waals surface area contributed by atoms with Gasteiger partial charge < -0.3 is 14.5 Å². The van der Waals surface area contributed by atoms with Gasteiger partial charge in [-0.25, -0.2) is 4.98 Å². The maximum absolute atomic E-state index is 10.1. The third-order valence-electron chi connectivity index (χ3n) is 4.77. The van der Waals surface area contributed by atoms with Gasteiger partial charge in [0, 0.05) is 29.9 Å². The van der Waals surface area contributed by atoms with Crippen LogP contribution in [0.15, 0.2) is 28.8 Å². The van der Waals surface area contributed by atoms with Gasteiger partial charge in [0.25, 0.3) is 5.89 Å². The first-order valence-corrected chi connectivity index (χ1v) is 9.18. The topological polar surface area (TPSA) is 75.3 Å². The number of nitrogens with zero attached hydrogens (tertiary/aromatic N) is 4. The highest BCUT2D eigenvalue weighted by molar-refractivity contribution is 5.65. The Labute approximate surface area is 159 Å². The molecule has 0 saturated heterocycles. The summed E-state index contributed by atoms with van der Waals surface area (Å²) in [5.74, 6) is 2.17. The number of phenols is 1. The van der Waals surface area contributed by atoms with E-state index in [9.17, 15) is 5.11 Å². The first-order valence-electron chi connectivity index (χ1n) is 9.18. The first-order chi connectivity index (χ1) is 12.8. The highest BCUT2D eigenvalue weighted by atomic mass is 16.5. The molecule has 0 saturated carbocycles. The fraction of sp³-hybridized carbons (Fsp3) is 0.381. The van der Waals surface area contributed by atoms with E-state index in [0.717, 1.165) is 40.2 Å². The van der Waals surface area contributed by atoms with Crippen molar-refractivity contribution < 1.29 is 9.63 Å². The molecule has 0 amide bonds. The second kappa shape index (κ2) is 7.39. The maximum atomic E-state index is 10.1. The molecular formula is C21H26N4O2. The monoisotopic (exact) mass is 366 g/mol. The number of aromatic nitrogens is 3. The fourth-order valence-electron chi connectivity index (χ4n) is 2.93. The van der Waals surface area contributed by atoms with Crippen LogP contribution in [0.5, 0.6) is 5.75 Å². The van der Waals surface area contributed by atoms with Crippen molar-refractivity contribution in [3.63, 3.8) is 0 Å². The Kier molecular flexibility index (Phi) is 5.17. The Morgan fingerprint density at radius 1 is 1.07 bits per heavy atom. The molecule has 0 bridgehead atoms. The second-order valence-electron chi connectivity index (χ2n) is 7.14. The molecule has 0 atom stereocenters. The minimum absolute atomic E-state index is 0.330. The predicted molar refractivity (Wildman–Crippen MR) is 107 cm³/mol. The molecule has 6 nitrogen and oxygen atoms in total. The molecule has 0 fully saturated rings. The summed E-state index contributed by atoms with van der Waals surface area (Å²) < 4.78 is 5.53. The van der Waals surface area contributed by atoms with E-state index < -0.39 is 0 Å². The van der Waals surface area contributed by atoms with Gasteiger partial charge in [-0.1, -0.05) is 12.1 Å². The number of aromatic hydroxyl groups is 1. The van der Waals surface area contributed by atoms with E-state index in [1.807, 2.05) is 52.1 Å². The Morgan fingerprint density at radius 3 is 2.48 bits per heavy atom. The van der Waals surface area contributed by atoms with E-state index in [1.165, 1.54) is 0 Å². The summed E-state index contributed by atoms with van der Waals surface area (Å²) in [6.45, 7) is 10.1. The van der Waals surface area contributed by atoms with Gasteiger partial charge >= 0.3 is 0 Å². The SMILES string of the molecule is CCc1cc(-c2noc(-c3cc(C)nc(N(C)C(C)C)c3)n2)cc(C)c1O. The second-order valence-corrected chi connectivity index (χ2v) is 7.14. The number of phenolic OH excluding ortho intramolecular Hbond substituents is 1. The van der Waals surface area contributed by atoms with E-state index in [1.54, 1.807) is 0 Å². The van der Waals surface area contributed by atoms with Crippen LogP contribution >= 0.6 is 0 Å². The Morgan fingerprint density at radius 2 is 1.81 bits per heavy atom. The third-order valence-corrected chi connectivity index (χ3v) is 4.77. The van der Waals surface area contributed by atoms with Crippen LogP contribution in [0.4, 0.5) is 5.82 Å². The molecule has 0 radical (unpaired) electrons. The van der Waals surface area contributed by atoms with Gasteiger partial charge in [0.15, 0.2) is 0 Å². The van der Waals surface area contributed by atoms with Gasteiger partial charge in [-0.15, -0.1) is 0 Å². The maximum Gasteiger partial charge on any atom is 0.258 e. The number of hydrogen-bond donors (Lipinski definition) is 1. The van der Waals surface area contributed by atoms with Crippen molar-refractivity contribution in [3.05, 3.63) is 41.1 Å². The standard InChI is InChI=1S/C21H26N4O2/c1-7-15-10-16(8-13(4)19(15)26)20-23-21(27-24-20)17-9-14(5)22-18(11-17)25(6)12(2)3/h8-12,26H,7H2,1-6H3. The van der Waals surface area contributed by atoms with Crippen molar-refractivity contribution in [1.29, 1.82) is 0 Å². The molecular weight excluding hydrogens is 340 g/mol. The van der Waals surface area contributed by atoms with Gasteiger partial charge in [-0.3, -0.25) is 0 Å². The normalized spacial score (nSPS) is 11.2. The fourth-order valence-corrected chi connectivity index (χ4v) is 2.93. The van der Waals surface area contributed by atoms with Crippen LogP contribution in [-0.2, 0) is 6.42 Å². The van der Waals surface area contributed by atoms with Crippen LogP contribution in [0, 0.1) is 13.8 Å². The van der Waals surface area contributed by atoms with Crippen LogP contribution in [0.3, 0.4) is 0 Å². The van der Waals surface area contributed by atoms with E-state index in [4.69, 9.17) is 4.52 Å². The molecule has 0 spiro atoms. The molecule has 27 heavy (non-hydrogen) atoms. The van der Waals surface area contributed by atoms with Crippen molar-refractivity contribution >= 4 is 5.82 Å². The van der Waals surface area contributed by atoms with Crippen molar-refractivity contribution in [2.45, 2.75) is 47.1 Å². The molecule has 3 aromatic rings. The molecule has 3 rings (SSSR count). The smallest absolute Gasteiger partial charge is 0.258 e.